The highest BCUT2D eigenvalue weighted by Gasteiger charge is 2.46. The third kappa shape index (κ3) is 1.84. The summed E-state index contributed by atoms with van der Waals surface area (Å²) in [6, 6.07) is 3.32. The molecule has 2 saturated heterocycles. The van der Waals surface area contributed by atoms with E-state index in [1.165, 1.54) is 11.3 Å². The molecule has 5 rings (SSSR count). The van der Waals surface area contributed by atoms with Gasteiger partial charge in [-0.15, -0.1) is 0 Å². The second-order valence-electron chi connectivity index (χ2n) is 5.86. The van der Waals surface area contributed by atoms with Crippen molar-refractivity contribution in [3.8, 4) is 5.75 Å². The van der Waals surface area contributed by atoms with E-state index in [0.717, 1.165) is 28.0 Å². The van der Waals surface area contributed by atoms with Crippen molar-refractivity contribution in [2.75, 3.05) is 18.1 Å². The van der Waals surface area contributed by atoms with Crippen molar-refractivity contribution in [1.29, 1.82) is 0 Å². The van der Waals surface area contributed by atoms with E-state index in [-0.39, 0.29) is 37.1 Å². The average Bonchev–Trinajstić information content (AvgIpc) is 3.20. The number of nitrogens with one attached hydrogen (secondary N) is 1. The quantitative estimate of drug-likeness (QED) is 0.800. The van der Waals surface area contributed by atoms with Gasteiger partial charge in [-0.05, 0) is 12.1 Å². The number of nitrogens with zero attached hydrogens (tertiary/aromatic N) is 2. The molecule has 4 heterocycles. The fourth-order valence-corrected chi connectivity index (χ4v) is 4.50. The van der Waals surface area contributed by atoms with E-state index in [9.17, 15) is 9.59 Å². The van der Waals surface area contributed by atoms with Crippen LogP contribution in [0.15, 0.2) is 12.1 Å². The Morgan fingerprint density at radius 1 is 1.30 bits per heavy atom. The van der Waals surface area contributed by atoms with Gasteiger partial charge in [0, 0.05) is 12.0 Å². The van der Waals surface area contributed by atoms with Crippen LogP contribution in [0.1, 0.15) is 12.0 Å². The number of ether oxygens (including phenoxy) is 2. The molecule has 0 bridgehead atoms. The van der Waals surface area contributed by atoms with Crippen LogP contribution in [0.4, 0.5) is 9.93 Å². The van der Waals surface area contributed by atoms with Crippen LogP contribution in [0.5, 0.6) is 5.75 Å². The number of carbonyl (C=O) groups is 2. The topological polar surface area (TPSA) is 80.8 Å². The first-order valence-electron chi connectivity index (χ1n) is 7.51. The molecular weight excluding hydrogens is 318 g/mol. The minimum absolute atomic E-state index is 0.165. The first kappa shape index (κ1) is 13.1. The Morgan fingerprint density at radius 2 is 2.22 bits per heavy atom. The minimum Gasteiger partial charge on any atom is -0.493 e. The minimum atomic E-state index is -0.275. The fraction of sp³-hybridized carbons (Fsp3) is 0.400. The lowest BCUT2D eigenvalue weighted by Gasteiger charge is -2.27. The summed E-state index contributed by atoms with van der Waals surface area (Å²) >= 11 is 1.47. The number of thiazole rings is 1. The molecule has 1 N–H and O–H groups in total. The lowest BCUT2D eigenvalue weighted by molar-refractivity contribution is -0.148. The van der Waals surface area contributed by atoms with Crippen LogP contribution in [0.25, 0.3) is 10.2 Å². The highest BCUT2D eigenvalue weighted by Crippen LogP contribution is 2.39. The normalized spacial score (nSPS) is 25.8. The molecule has 1 aromatic heterocycles. The molecule has 2 atom stereocenters. The van der Waals surface area contributed by atoms with Gasteiger partial charge in [0.25, 0.3) is 0 Å². The third-order valence-corrected chi connectivity index (χ3v) is 5.57. The molecule has 8 heteroatoms. The molecule has 0 saturated carbocycles. The van der Waals surface area contributed by atoms with Crippen LogP contribution in [0.2, 0.25) is 0 Å². The molecule has 7 nitrogen and oxygen atoms in total. The van der Waals surface area contributed by atoms with E-state index >= 15 is 0 Å². The fourth-order valence-electron chi connectivity index (χ4n) is 3.44. The molecule has 2 aromatic rings. The van der Waals surface area contributed by atoms with Gasteiger partial charge in [-0.25, -0.2) is 9.78 Å². The van der Waals surface area contributed by atoms with E-state index in [1.54, 1.807) is 4.90 Å². The summed E-state index contributed by atoms with van der Waals surface area (Å²) in [5.41, 5.74) is 2.00. The van der Waals surface area contributed by atoms with Gasteiger partial charge in [0.1, 0.15) is 12.4 Å². The number of urea groups is 1. The van der Waals surface area contributed by atoms with Gasteiger partial charge in [-0.3, -0.25) is 9.69 Å². The van der Waals surface area contributed by atoms with Crippen LogP contribution >= 0.6 is 11.3 Å². The molecule has 23 heavy (non-hydrogen) atoms. The summed E-state index contributed by atoms with van der Waals surface area (Å²) in [7, 11) is 0. The first-order valence-corrected chi connectivity index (χ1v) is 8.33. The molecule has 118 valence electrons. The molecular formula is C15H13N3O4S. The predicted molar refractivity (Wildman–Crippen MR) is 83.0 cm³/mol. The number of hydrogen-bond acceptors (Lipinski definition) is 6. The number of aromatic nitrogens is 1. The largest absolute Gasteiger partial charge is 0.493 e. The summed E-state index contributed by atoms with van der Waals surface area (Å²) in [4.78, 5) is 30.2. The van der Waals surface area contributed by atoms with Crippen molar-refractivity contribution in [2.24, 2.45) is 0 Å². The van der Waals surface area contributed by atoms with Gasteiger partial charge >= 0.3 is 12.0 Å². The number of anilines is 1. The number of cyclic esters (lactones) is 1. The summed E-state index contributed by atoms with van der Waals surface area (Å²) < 4.78 is 11.6. The molecule has 3 aliphatic rings. The predicted octanol–water partition coefficient (Wildman–Crippen LogP) is 1.44. The number of benzene rings is 1. The van der Waals surface area contributed by atoms with Crippen LogP contribution in [-0.2, 0) is 16.0 Å². The summed E-state index contributed by atoms with van der Waals surface area (Å²) in [5.74, 6) is 0.600. The summed E-state index contributed by atoms with van der Waals surface area (Å²) in [6.45, 7) is 0.891. The molecule has 1 aromatic carbocycles. The Bertz CT molecular complexity index is 849. The Balaban J connectivity index is 1.59. The number of esters is 1. The van der Waals surface area contributed by atoms with Crippen LogP contribution in [0.3, 0.4) is 0 Å². The smallest absolute Gasteiger partial charge is 0.324 e. The first-order chi connectivity index (χ1) is 11.2. The zero-order valence-corrected chi connectivity index (χ0v) is 12.9. The van der Waals surface area contributed by atoms with Crippen molar-refractivity contribution >= 4 is 38.7 Å². The van der Waals surface area contributed by atoms with Crippen molar-refractivity contribution < 1.29 is 19.1 Å². The maximum atomic E-state index is 12.3. The number of fused-ring (bicyclic) bond motifs is 4. The van der Waals surface area contributed by atoms with E-state index in [1.807, 2.05) is 12.1 Å². The Kier molecular flexibility index (Phi) is 2.61. The Labute approximate surface area is 135 Å². The van der Waals surface area contributed by atoms with Crippen molar-refractivity contribution in [3.05, 3.63) is 17.7 Å². The number of carbonyl (C=O) groups excluding carboxylic acids is 2. The zero-order chi connectivity index (χ0) is 15.6. The number of hydrogen-bond donors (Lipinski definition) is 1. The van der Waals surface area contributed by atoms with Crippen molar-refractivity contribution in [3.63, 3.8) is 0 Å². The Hall–Kier alpha value is -2.35. The monoisotopic (exact) mass is 331 g/mol. The maximum Gasteiger partial charge on any atom is 0.324 e. The number of rotatable bonds is 1. The van der Waals surface area contributed by atoms with Gasteiger partial charge in [0.05, 0.1) is 35.3 Å². The van der Waals surface area contributed by atoms with E-state index in [2.05, 4.69) is 10.3 Å². The average molecular weight is 331 g/mol. The summed E-state index contributed by atoms with van der Waals surface area (Å²) in [5, 5.41) is 3.50. The highest BCUT2D eigenvalue weighted by molar-refractivity contribution is 7.22. The molecule has 0 radical (unpaired) electrons. The van der Waals surface area contributed by atoms with Crippen LogP contribution < -0.4 is 15.0 Å². The second kappa shape index (κ2) is 4.58. The lowest BCUT2D eigenvalue weighted by Crippen LogP contribution is -2.45. The van der Waals surface area contributed by atoms with Crippen molar-refractivity contribution in [2.45, 2.75) is 24.9 Å². The third-order valence-electron chi connectivity index (χ3n) is 4.55. The van der Waals surface area contributed by atoms with Gasteiger partial charge in [0.15, 0.2) is 5.13 Å². The van der Waals surface area contributed by atoms with Crippen molar-refractivity contribution in [1.82, 2.24) is 10.3 Å². The van der Waals surface area contributed by atoms with E-state index in [0.29, 0.717) is 11.7 Å². The van der Waals surface area contributed by atoms with E-state index < -0.39 is 0 Å². The second-order valence-corrected chi connectivity index (χ2v) is 6.87. The zero-order valence-electron chi connectivity index (χ0n) is 12.1. The molecule has 0 unspecified atom stereocenters. The molecule has 2 fully saturated rings. The molecule has 2 amide bonds. The summed E-state index contributed by atoms with van der Waals surface area (Å²) in [6.07, 6.45) is 1.03. The lowest BCUT2D eigenvalue weighted by atomic mass is 10.0. The van der Waals surface area contributed by atoms with Gasteiger partial charge < -0.3 is 14.8 Å². The molecule has 0 spiro atoms. The maximum absolute atomic E-state index is 12.3. The van der Waals surface area contributed by atoms with Crippen LogP contribution in [0, 0.1) is 0 Å². The Morgan fingerprint density at radius 3 is 3.13 bits per heavy atom. The van der Waals surface area contributed by atoms with Gasteiger partial charge in [-0.2, -0.15) is 0 Å². The SMILES string of the molecule is O=C1C[C@@H]2[C@H](CO1)NC(=O)N2c1nc2c3c(ccc2s1)OCC3. The van der Waals surface area contributed by atoms with E-state index in [4.69, 9.17) is 9.47 Å². The number of amides is 2. The van der Waals surface area contributed by atoms with Gasteiger partial charge in [0.2, 0.25) is 0 Å². The van der Waals surface area contributed by atoms with Gasteiger partial charge in [-0.1, -0.05) is 11.3 Å². The van der Waals surface area contributed by atoms with Crippen LogP contribution in [-0.4, -0.2) is 42.3 Å². The highest BCUT2D eigenvalue weighted by atomic mass is 32.1. The standard InChI is InChI=1S/C15H13N3O4S/c19-12-5-9-8(6-22-12)16-14(20)18(9)15-17-13-7-3-4-21-10(7)1-2-11(13)23-15/h1-2,8-9H,3-6H2,(H,16,20)/t8-,9+/m0/s1. The molecule has 0 aliphatic carbocycles. The molecule has 3 aliphatic heterocycles.